The molecule has 4 nitrogen and oxygen atoms in total. The summed E-state index contributed by atoms with van der Waals surface area (Å²) in [6.45, 7) is 1.85. The van der Waals surface area contributed by atoms with Gasteiger partial charge >= 0.3 is 0 Å². The van der Waals surface area contributed by atoms with Crippen LogP contribution in [0.4, 0.5) is 0 Å². The molecule has 0 amide bonds. The average molecular weight is 421 g/mol. The highest BCUT2D eigenvalue weighted by molar-refractivity contribution is 7.86. The first-order valence-corrected chi connectivity index (χ1v) is 10.1. The number of hydrogen-bond acceptors (Lipinski definition) is 3. The fraction of sp³-hybridized carbons (Fsp3) is 0.0500. The molecule has 1 aliphatic carbocycles. The lowest BCUT2D eigenvalue weighted by Gasteiger charge is -2.17. The van der Waals surface area contributed by atoms with Crippen LogP contribution in [0.3, 0.4) is 0 Å². The number of halogens is 2. The van der Waals surface area contributed by atoms with Crippen LogP contribution in [0.1, 0.15) is 16.7 Å². The molecule has 2 aromatic carbocycles. The summed E-state index contributed by atoms with van der Waals surface area (Å²) in [6.07, 6.45) is 4.33. The van der Waals surface area contributed by atoms with Crippen LogP contribution in [0.5, 0.6) is 0 Å². The number of carbonyl (C=O) groups excluding carboxylic acids is 1. The zero-order chi connectivity index (χ0) is 19.8. The maximum absolute atomic E-state index is 11.9. The van der Waals surface area contributed by atoms with E-state index in [1.165, 1.54) is 24.3 Å². The molecule has 0 atom stereocenters. The third-order valence-corrected chi connectivity index (χ3v) is 5.73. The molecule has 1 aliphatic rings. The molecule has 0 saturated carbocycles. The molecule has 0 heterocycles. The first kappa shape index (κ1) is 19.6. The Labute approximate surface area is 167 Å². The summed E-state index contributed by atoms with van der Waals surface area (Å²) in [4.78, 5) is 11.4. The molecule has 0 saturated heterocycles. The minimum atomic E-state index is -4.48. The Morgan fingerprint density at radius 2 is 1.74 bits per heavy atom. The summed E-state index contributed by atoms with van der Waals surface area (Å²) in [7, 11) is -4.48. The quantitative estimate of drug-likeness (QED) is 0.712. The molecule has 0 unspecified atom stereocenters. The van der Waals surface area contributed by atoms with Crippen molar-refractivity contribution < 1.29 is 17.8 Å². The third-order valence-electron chi connectivity index (χ3n) is 4.12. The summed E-state index contributed by atoms with van der Waals surface area (Å²) >= 11 is 12.3. The summed E-state index contributed by atoms with van der Waals surface area (Å²) in [6, 6.07) is 11.3. The smallest absolute Gasteiger partial charge is 0.288 e. The van der Waals surface area contributed by atoms with Crippen LogP contribution in [0.15, 0.2) is 76.2 Å². The van der Waals surface area contributed by atoms with Gasteiger partial charge in [-0.15, -0.1) is 0 Å². The Bertz CT molecular complexity index is 1140. The molecule has 0 bridgehead atoms. The van der Waals surface area contributed by atoms with Gasteiger partial charge in [-0.3, -0.25) is 9.35 Å². The standard InChI is InChI=1S/C20H14Cl2O4S/c1-12-6-7-13(10-16(12)21)20(14-8-9-18(23)17(22)11-14)15-4-2-3-5-19(15)27(24,25)26/h2-11H,1H3,(H,24,25,26)/b20-14+. The molecule has 0 spiro atoms. The topological polar surface area (TPSA) is 71.4 Å². The van der Waals surface area contributed by atoms with Crippen molar-refractivity contribution in [2.75, 3.05) is 0 Å². The van der Waals surface area contributed by atoms with Gasteiger partial charge in [-0.05, 0) is 53.5 Å². The van der Waals surface area contributed by atoms with Crippen LogP contribution in [-0.4, -0.2) is 18.8 Å². The van der Waals surface area contributed by atoms with E-state index in [4.69, 9.17) is 23.2 Å². The molecule has 138 valence electrons. The van der Waals surface area contributed by atoms with Crippen molar-refractivity contribution in [1.29, 1.82) is 0 Å². The number of benzene rings is 2. The van der Waals surface area contributed by atoms with E-state index in [1.807, 2.05) is 6.92 Å². The fourth-order valence-corrected chi connectivity index (χ4v) is 3.84. The number of rotatable bonds is 3. The van der Waals surface area contributed by atoms with Crippen molar-refractivity contribution in [2.24, 2.45) is 0 Å². The number of ketones is 1. The average Bonchev–Trinajstić information content (AvgIpc) is 2.61. The normalized spacial score (nSPS) is 16.3. The van der Waals surface area contributed by atoms with Crippen molar-refractivity contribution in [3.8, 4) is 0 Å². The molecule has 1 N–H and O–H groups in total. The van der Waals surface area contributed by atoms with Crippen LogP contribution in [0.2, 0.25) is 5.02 Å². The van der Waals surface area contributed by atoms with Crippen molar-refractivity contribution in [2.45, 2.75) is 11.8 Å². The number of aryl methyl sites for hydroxylation is 1. The molecule has 2 aromatic rings. The van der Waals surface area contributed by atoms with E-state index in [2.05, 4.69) is 0 Å². The van der Waals surface area contributed by atoms with Gasteiger partial charge in [0, 0.05) is 10.6 Å². The second-order valence-electron chi connectivity index (χ2n) is 5.96. The lowest BCUT2D eigenvalue weighted by atomic mass is 9.90. The van der Waals surface area contributed by atoms with Crippen LogP contribution in [0, 0.1) is 6.92 Å². The van der Waals surface area contributed by atoms with Crippen LogP contribution in [0.25, 0.3) is 5.57 Å². The zero-order valence-electron chi connectivity index (χ0n) is 14.1. The van der Waals surface area contributed by atoms with Crippen molar-refractivity contribution >= 4 is 44.7 Å². The lowest BCUT2D eigenvalue weighted by Crippen LogP contribution is -2.06. The first-order chi connectivity index (χ1) is 12.7. The molecule has 0 fully saturated rings. The van der Waals surface area contributed by atoms with Gasteiger partial charge in [-0.25, -0.2) is 0 Å². The predicted octanol–water partition coefficient (Wildman–Crippen LogP) is 4.96. The van der Waals surface area contributed by atoms with E-state index < -0.39 is 10.1 Å². The van der Waals surface area contributed by atoms with Gasteiger partial charge in [0.05, 0.1) is 5.03 Å². The van der Waals surface area contributed by atoms with E-state index in [0.29, 0.717) is 21.7 Å². The molecule has 27 heavy (non-hydrogen) atoms. The van der Waals surface area contributed by atoms with Crippen LogP contribution in [-0.2, 0) is 14.9 Å². The highest BCUT2D eigenvalue weighted by Crippen LogP contribution is 2.36. The van der Waals surface area contributed by atoms with Crippen molar-refractivity contribution in [3.63, 3.8) is 0 Å². The molecule has 0 aliphatic heterocycles. The van der Waals surface area contributed by atoms with E-state index in [1.54, 1.807) is 36.4 Å². The summed E-state index contributed by atoms with van der Waals surface area (Å²) in [5, 5.41) is 0.508. The van der Waals surface area contributed by atoms with Gasteiger partial charge in [0.15, 0.2) is 5.78 Å². The molecular formula is C20H14Cl2O4S. The summed E-state index contributed by atoms with van der Waals surface area (Å²) < 4.78 is 33.5. The second-order valence-corrected chi connectivity index (χ2v) is 8.16. The van der Waals surface area contributed by atoms with Gasteiger partial charge in [0.1, 0.15) is 4.90 Å². The highest BCUT2D eigenvalue weighted by Gasteiger charge is 2.22. The third kappa shape index (κ3) is 4.06. The molecule has 0 aromatic heterocycles. The van der Waals surface area contributed by atoms with Gasteiger partial charge in [-0.2, -0.15) is 8.42 Å². The maximum atomic E-state index is 11.9. The Morgan fingerprint density at radius 3 is 2.37 bits per heavy atom. The Kier molecular flexibility index (Phi) is 5.40. The van der Waals surface area contributed by atoms with E-state index >= 15 is 0 Å². The number of carbonyl (C=O) groups is 1. The zero-order valence-corrected chi connectivity index (χ0v) is 16.4. The van der Waals surface area contributed by atoms with Gasteiger partial charge in [-0.1, -0.05) is 59.6 Å². The van der Waals surface area contributed by atoms with E-state index in [9.17, 15) is 17.8 Å². The lowest BCUT2D eigenvalue weighted by molar-refractivity contribution is -0.110. The molecular weight excluding hydrogens is 407 g/mol. The molecule has 7 heteroatoms. The SMILES string of the molecule is Cc1ccc(/C(=C2/C=CC(=O)C(Cl)=C2)c2ccccc2S(=O)(=O)O)cc1Cl. The van der Waals surface area contributed by atoms with E-state index in [-0.39, 0.29) is 21.3 Å². The Balaban J connectivity index is 2.40. The first-order valence-electron chi connectivity index (χ1n) is 7.86. The maximum Gasteiger partial charge on any atom is 0.295 e. The monoisotopic (exact) mass is 420 g/mol. The largest absolute Gasteiger partial charge is 0.295 e. The van der Waals surface area contributed by atoms with Crippen molar-refractivity contribution in [3.05, 3.63) is 93.0 Å². The second kappa shape index (κ2) is 7.44. The van der Waals surface area contributed by atoms with Gasteiger partial charge < -0.3 is 0 Å². The van der Waals surface area contributed by atoms with Crippen molar-refractivity contribution in [1.82, 2.24) is 0 Å². The summed E-state index contributed by atoms with van der Waals surface area (Å²) in [5.41, 5.74) is 2.75. The highest BCUT2D eigenvalue weighted by atomic mass is 35.5. The Hall–Kier alpha value is -2.18. The minimum Gasteiger partial charge on any atom is -0.288 e. The fourth-order valence-electron chi connectivity index (χ4n) is 2.78. The van der Waals surface area contributed by atoms with Gasteiger partial charge in [0.25, 0.3) is 10.1 Å². The Morgan fingerprint density at radius 1 is 1.04 bits per heavy atom. The predicted molar refractivity (Wildman–Crippen MR) is 107 cm³/mol. The van der Waals surface area contributed by atoms with E-state index in [0.717, 1.165) is 5.56 Å². The number of hydrogen-bond donors (Lipinski definition) is 1. The number of allylic oxidation sites excluding steroid dienone is 5. The molecule has 3 rings (SSSR count). The van der Waals surface area contributed by atoms with Crippen LogP contribution < -0.4 is 0 Å². The molecule has 0 radical (unpaired) electrons. The minimum absolute atomic E-state index is 0.00699. The van der Waals surface area contributed by atoms with Crippen LogP contribution >= 0.6 is 23.2 Å². The summed E-state index contributed by atoms with van der Waals surface area (Å²) in [5.74, 6) is -0.343. The van der Waals surface area contributed by atoms with Gasteiger partial charge in [0.2, 0.25) is 0 Å².